The second-order valence-corrected chi connectivity index (χ2v) is 3.46. The van der Waals surface area contributed by atoms with Crippen LogP contribution in [0.25, 0.3) is 0 Å². The third kappa shape index (κ3) is 2.63. The second kappa shape index (κ2) is 4.52. The lowest BCUT2D eigenvalue weighted by molar-refractivity contribution is 0.187. The summed E-state index contributed by atoms with van der Waals surface area (Å²) in [4.78, 5) is 5.50. The molecular formula is C7H14BNOS. The van der Waals surface area contributed by atoms with Crippen molar-refractivity contribution < 1.29 is 4.74 Å². The van der Waals surface area contributed by atoms with E-state index in [1.54, 1.807) is 18.4 Å². The monoisotopic (exact) mass is 171 g/mol. The molecule has 0 N–H and O–H groups in total. The largest absolute Gasteiger partial charge is 0.379 e. The molecule has 0 saturated heterocycles. The van der Waals surface area contributed by atoms with Crippen molar-refractivity contribution in [1.29, 1.82) is 0 Å². The van der Waals surface area contributed by atoms with Crippen molar-refractivity contribution in [2.24, 2.45) is 0 Å². The van der Waals surface area contributed by atoms with E-state index in [9.17, 15) is 0 Å². The molecule has 0 unspecified atom stereocenters. The number of nitrogens with zero attached hydrogens (tertiary/aromatic N) is 1. The molecular weight excluding hydrogens is 157 g/mol. The average molecular weight is 171 g/mol. The number of hydrogen-bond acceptors (Lipinski definition) is 3. The van der Waals surface area contributed by atoms with E-state index in [-0.39, 0.29) is 8.41 Å². The Morgan fingerprint density at radius 3 is 2.45 bits per heavy atom. The predicted molar refractivity (Wildman–Crippen MR) is 52.2 cm³/mol. The molecule has 0 aliphatic heterocycles. The van der Waals surface area contributed by atoms with Gasteiger partial charge in [0, 0.05) is 7.11 Å². The van der Waals surface area contributed by atoms with Crippen molar-refractivity contribution in [3.05, 3.63) is 15.6 Å². The van der Waals surface area contributed by atoms with Crippen LogP contribution in [-0.2, 0) is 11.3 Å². The maximum atomic E-state index is 4.99. The zero-order valence-corrected chi connectivity index (χ0v) is 7.29. The molecule has 0 saturated carbocycles. The van der Waals surface area contributed by atoms with E-state index in [1.807, 2.05) is 13.8 Å². The molecule has 0 fully saturated rings. The van der Waals surface area contributed by atoms with Gasteiger partial charge in [0.05, 0.1) is 30.6 Å². The zero-order valence-electron chi connectivity index (χ0n) is 6.47. The summed E-state index contributed by atoms with van der Waals surface area (Å²) in [6.45, 7) is 4.71. The van der Waals surface area contributed by atoms with E-state index in [0.717, 1.165) is 10.7 Å². The molecule has 1 rings (SSSR count). The lowest BCUT2D eigenvalue weighted by Crippen LogP contribution is -1.85. The van der Waals surface area contributed by atoms with Crippen LogP contribution in [0.1, 0.15) is 15.6 Å². The minimum atomic E-state index is 0. The first kappa shape index (κ1) is 10.7. The zero-order chi connectivity index (χ0) is 7.56. The molecule has 4 heteroatoms. The van der Waals surface area contributed by atoms with Crippen LogP contribution in [0.2, 0.25) is 0 Å². The van der Waals surface area contributed by atoms with Crippen LogP contribution >= 0.6 is 11.3 Å². The minimum Gasteiger partial charge on any atom is -0.379 e. The highest BCUT2D eigenvalue weighted by Gasteiger charge is 2.02. The molecule has 0 spiro atoms. The number of rotatable bonds is 2. The van der Waals surface area contributed by atoms with E-state index < -0.39 is 0 Å². The lowest BCUT2D eigenvalue weighted by atomic mass is 10.4. The van der Waals surface area contributed by atoms with Crippen LogP contribution in [0.15, 0.2) is 0 Å². The Morgan fingerprint density at radius 2 is 2.09 bits per heavy atom. The van der Waals surface area contributed by atoms with Crippen molar-refractivity contribution in [2.75, 3.05) is 7.11 Å². The Hall–Kier alpha value is -0.345. The summed E-state index contributed by atoms with van der Waals surface area (Å²) in [7, 11) is 1.70. The van der Waals surface area contributed by atoms with Crippen molar-refractivity contribution in [1.82, 2.24) is 4.98 Å². The summed E-state index contributed by atoms with van der Waals surface area (Å²) in [6, 6.07) is 0. The quantitative estimate of drug-likeness (QED) is 0.611. The number of aryl methyl sites for hydroxylation is 2. The Bertz CT molecular complexity index is 224. The van der Waals surface area contributed by atoms with Crippen LogP contribution in [0.5, 0.6) is 0 Å². The molecule has 2 nitrogen and oxygen atoms in total. The van der Waals surface area contributed by atoms with Gasteiger partial charge in [0.2, 0.25) is 0 Å². The standard InChI is InChI=1S/C7H11NOS.BH3/c1-5-7(4-9-3)10-6(2)8-5;/h4H2,1-3H3;1H3. The summed E-state index contributed by atoms with van der Waals surface area (Å²) in [5.74, 6) is 0. The van der Waals surface area contributed by atoms with Crippen molar-refractivity contribution in [2.45, 2.75) is 20.5 Å². The summed E-state index contributed by atoms with van der Waals surface area (Å²) in [5.41, 5.74) is 1.10. The molecule has 1 heterocycles. The van der Waals surface area contributed by atoms with Crippen molar-refractivity contribution in [3.63, 3.8) is 0 Å². The average Bonchev–Trinajstić information content (AvgIpc) is 2.13. The predicted octanol–water partition coefficient (Wildman–Crippen LogP) is 0.722. The van der Waals surface area contributed by atoms with Crippen LogP contribution in [0, 0.1) is 13.8 Å². The fourth-order valence-electron chi connectivity index (χ4n) is 0.838. The Kier molecular flexibility index (Phi) is 4.37. The molecule has 1 aromatic rings. The van der Waals surface area contributed by atoms with E-state index in [0.29, 0.717) is 6.61 Å². The minimum absolute atomic E-state index is 0. The molecule has 62 valence electrons. The molecule has 0 aliphatic carbocycles. The van der Waals surface area contributed by atoms with Gasteiger partial charge in [-0.25, -0.2) is 4.98 Å². The fourth-order valence-corrected chi connectivity index (χ4v) is 1.75. The van der Waals surface area contributed by atoms with Gasteiger partial charge in [0.25, 0.3) is 0 Å². The maximum Gasteiger partial charge on any atom is 0.0900 e. The van der Waals surface area contributed by atoms with E-state index in [4.69, 9.17) is 4.74 Å². The SMILES string of the molecule is B.COCc1sc(C)nc1C. The van der Waals surface area contributed by atoms with E-state index >= 15 is 0 Å². The van der Waals surface area contributed by atoms with Crippen LogP contribution in [0.4, 0.5) is 0 Å². The highest BCUT2D eigenvalue weighted by Crippen LogP contribution is 2.17. The van der Waals surface area contributed by atoms with Gasteiger partial charge in [-0.2, -0.15) is 0 Å². The first-order valence-corrected chi connectivity index (χ1v) is 3.97. The molecule has 0 radical (unpaired) electrons. The van der Waals surface area contributed by atoms with Gasteiger partial charge in [-0.05, 0) is 13.8 Å². The highest BCUT2D eigenvalue weighted by atomic mass is 32.1. The number of hydrogen-bond donors (Lipinski definition) is 0. The molecule has 0 atom stereocenters. The molecule has 0 aliphatic rings. The van der Waals surface area contributed by atoms with Gasteiger partial charge in [-0.3, -0.25) is 0 Å². The number of ether oxygens (including phenoxy) is 1. The smallest absolute Gasteiger partial charge is 0.0900 e. The Balaban J connectivity index is 0.000001000. The Morgan fingerprint density at radius 1 is 1.45 bits per heavy atom. The third-order valence-corrected chi connectivity index (χ3v) is 2.32. The topological polar surface area (TPSA) is 22.1 Å². The van der Waals surface area contributed by atoms with Gasteiger partial charge >= 0.3 is 0 Å². The fraction of sp³-hybridized carbons (Fsp3) is 0.571. The van der Waals surface area contributed by atoms with Gasteiger partial charge in [-0.1, -0.05) is 0 Å². The lowest BCUT2D eigenvalue weighted by Gasteiger charge is -1.92. The summed E-state index contributed by atoms with van der Waals surface area (Å²) >= 11 is 1.70. The number of thiazole rings is 1. The molecule has 0 aromatic carbocycles. The second-order valence-electron chi connectivity index (χ2n) is 2.17. The molecule has 0 amide bonds. The third-order valence-electron chi connectivity index (χ3n) is 1.28. The van der Waals surface area contributed by atoms with Gasteiger partial charge in [0.15, 0.2) is 0 Å². The number of aromatic nitrogens is 1. The molecule has 11 heavy (non-hydrogen) atoms. The summed E-state index contributed by atoms with van der Waals surface area (Å²) in [6.07, 6.45) is 0. The van der Waals surface area contributed by atoms with Crippen molar-refractivity contribution >= 4 is 19.7 Å². The van der Waals surface area contributed by atoms with Crippen LogP contribution in [-0.4, -0.2) is 20.5 Å². The van der Waals surface area contributed by atoms with E-state index in [2.05, 4.69) is 4.98 Å². The molecule has 1 aromatic heterocycles. The van der Waals surface area contributed by atoms with Crippen molar-refractivity contribution in [3.8, 4) is 0 Å². The van der Waals surface area contributed by atoms with Crippen LogP contribution in [0.3, 0.4) is 0 Å². The van der Waals surface area contributed by atoms with Gasteiger partial charge in [-0.15, -0.1) is 11.3 Å². The Labute approximate surface area is 73.2 Å². The first-order chi connectivity index (χ1) is 4.74. The first-order valence-electron chi connectivity index (χ1n) is 3.16. The van der Waals surface area contributed by atoms with Crippen LogP contribution < -0.4 is 0 Å². The van der Waals surface area contributed by atoms with E-state index in [1.165, 1.54) is 4.88 Å². The summed E-state index contributed by atoms with van der Waals surface area (Å²) in [5, 5.41) is 1.12. The maximum absolute atomic E-state index is 4.99. The number of methoxy groups -OCH3 is 1. The normalized spacial score (nSPS) is 9.36. The highest BCUT2D eigenvalue weighted by molar-refractivity contribution is 7.11. The summed E-state index contributed by atoms with van der Waals surface area (Å²) < 4.78 is 4.99. The van der Waals surface area contributed by atoms with Gasteiger partial charge < -0.3 is 4.74 Å². The van der Waals surface area contributed by atoms with Gasteiger partial charge in [0.1, 0.15) is 0 Å². The molecule has 0 bridgehead atoms.